The quantitative estimate of drug-likeness (QED) is 0.589. The smallest absolute Gasteiger partial charge is 0.194 e. The van der Waals surface area contributed by atoms with Gasteiger partial charge in [0.2, 0.25) is 0 Å². The molecular formula is C20H22O. The molecule has 0 saturated heterocycles. The lowest BCUT2D eigenvalue weighted by molar-refractivity contribution is 0.104. The van der Waals surface area contributed by atoms with E-state index in [9.17, 15) is 4.79 Å². The molecule has 108 valence electrons. The van der Waals surface area contributed by atoms with E-state index in [2.05, 4.69) is 71.0 Å². The van der Waals surface area contributed by atoms with Crippen LogP contribution >= 0.6 is 0 Å². The molecule has 2 aromatic rings. The van der Waals surface area contributed by atoms with Gasteiger partial charge in [0, 0.05) is 11.1 Å². The van der Waals surface area contributed by atoms with E-state index in [4.69, 9.17) is 0 Å². The highest BCUT2D eigenvalue weighted by molar-refractivity contribution is 6.21. The first kappa shape index (κ1) is 14.1. The average molecular weight is 278 g/mol. The molecule has 1 nitrogen and oxygen atoms in total. The maximum atomic E-state index is 12.7. The Kier molecular flexibility index (Phi) is 3.05. The van der Waals surface area contributed by atoms with Crippen LogP contribution in [0.25, 0.3) is 11.1 Å². The maximum absolute atomic E-state index is 12.7. The summed E-state index contributed by atoms with van der Waals surface area (Å²) in [5, 5.41) is 0. The van der Waals surface area contributed by atoms with Gasteiger partial charge in [0.05, 0.1) is 0 Å². The fraction of sp³-hybridized carbons (Fsp3) is 0.350. The van der Waals surface area contributed by atoms with Crippen LogP contribution in [0, 0.1) is 0 Å². The summed E-state index contributed by atoms with van der Waals surface area (Å²) >= 11 is 0. The van der Waals surface area contributed by atoms with Gasteiger partial charge in [-0.3, -0.25) is 4.79 Å². The van der Waals surface area contributed by atoms with Crippen molar-refractivity contribution in [2.24, 2.45) is 0 Å². The minimum atomic E-state index is 0.0627. The van der Waals surface area contributed by atoms with E-state index >= 15 is 0 Å². The maximum Gasteiger partial charge on any atom is 0.194 e. The van der Waals surface area contributed by atoms with Crippen molar-refractivity contribution in [3.63, 3.8) is 0 Å². The summed E-state index contributed by atoms with van der Waals surface area (Å²) in [6.45, 7) is 10.9. The zero-order chi connectivity index (χ0) is 15.4. The van der Waals surface area contributed by atoms with Gasteiger partial charge in [0.1, 0.15) is 0 Å². The zero-order valence-corrected chi connectivity index (χ0v) is 13.4. The summed E-state index contributed by atoms with van der Waals surface area (Å²) < 4.78 is 0. The van der Waals surface area contributed by atoms with Gasteiger partial charge >= 0.3 is 0 Å². The van der Waals surface area contributed by atoms with Crippen molar-refractivity contribution in [2.75, 3.05) is 0 Å². The third kappa shape index (κ3) is 2.21. The number of carbonyl (C=O) groups excluding carboxylic acids is 1. The fourth-order valence-corrected chi connectivity index (χ4v) is 2.92. The van der Waals surface area contributed by atoms with Gasteiger partial charge in [0.25, 0.3) is 0 Å². The Morgan fingerprint density at radius 2 is 1.38 bits per heavy atom. The number of ketones is 1. The van der Waals surface area contributed by atoms with Crippen LogP contribution in [0.15, 0.2) is 36.4 Å². The van der Waals surface area contributed by atoms with E-state index < -0.39 is 0 Å². The Hall–Kier alpha value is -1.89. The summed E-state index contributed by atoms with van der Waals surface area (Å²) in [7, 11) is 0. The molecule has 0 fully saturated rings. The molecular weight excluding hydrogens is 256 g/mol. The SMILES string of the molecule is CC(C)c1ccc2c(c1)C(=O)c1cc(C(C)(C)C)ccc1-2. The van der Waals surface area contributed by atoms with Gasteiger partial charge in [-0.2, -0.15) is 0 Å². The van der Waals surface area contributed by atoms with E-state index in [1.54, 1.807) is 0 Å². The first-order valence-electron chi connectivity index (χ1n) is 7.62. The zero-order valence-electron chi connectivity index (χ0n) is 13.4. The minimum absolute atomic E-state index is 0.0627. The largest absolute Gasteiger partial charge is 0.289 e. The van der Waals surface area contributed by atoms with E-state index in [-0.39, 0.29) is 11.2 Å². The van der Waals surface area contributed by atoms with Gasteiger partial charge in [-0.15, -0.1) is 0 Å². The molecule has 0 unspecified atom stereocenters. The predicted molar refractivity (Wildman–Crippen MR) is 88.1 cm³/mol. The van der Waals surface area contributed by atoms with E-state index in [0.717, 1.165) is 22.3 Å². The first-order valence-corrected chi connectivity index (χ1v) is 7.62. The van der Waals surface area contributed by atoms with Crippen molar-refractivity contribution in [2.45, 2.75) is 46.0 Å². The highest BCUT2D eigenvalue weighted by Gasteiger charge is 2.28. The average Bonchev–Trinajstić information content (AvgIpc) is 2.70. The van der Waals surface area contributed by atoms with Crippen LogP contribution in [0.4, 0.5) is 0 Å². The van der Waals surface area contributed by atoms with Gasteiger partial charge < -0.3 is 0 Å². The van der Waals surface area contributed by atoms with Crippen LogP contribution in [0.3, 0.4) is 0 Å². The lowest BCUT2D eigenvalue weighted by Crippen LogP contribution is -2.11. The molecule has 0 radical (unpaired) electrons. The summed E-state index contributed by atoms with van der Waals surface area (Å²) in [4.78, 5) is 12.7. The topological polar surface area (TPSA) is 17.1 Å². The van der Waals surface area contributed by atoms with Crippen LogP contribution < -0.4 is 0 Å². The summed E-state index contributed by atoms with van der Waals surface area (Å²) in [5.74, 6) is 0.616. The second-order valence-corrected chi connectivity index (χ2v) is 7.30. The van der Waals surface area contributed by atoms with E-state index in [1.165, 1.54) is 11.1 Å². The van der Waals surface area contributed by atoms with Crippen molar-refractivity contribution in [1.82, 2.24) is 0 Å². The Morgan fingerprint density at radius 1 is 0.810 bits per heavy atom. The van der Waals surface area contributed by atoms with Crippen molar-refractivity contribution >= 4 is 5.78 Å². The van der Waals surface area contributed by atoms with Gasteiger partial charge in [0.15, 0.2) is 5.78 Å². The Morgan fingerprint density at radius 3 is 1.95 bits per heavy atom. The first-order chi connectivity index (χ1) is 9.79. The minimum Gasteiger partial charge on any atom is -0.289 e. The molecule has 0 aliphatic heterocycles. The van der Waals surface area contributed by atoms with Gasteiger partial charge in [-0.25, -0.2) is 0 Å². The van der Waals surface area contributed by atoms with Crippen molar-refractivity contribution in [1.29, 1.82) is 0 Å². The van der Waals surface area contributed by atoms with E-state index in [1.807, 2.05) is 0 Å². The molecule has 21 heavy (non-hydrogen) atoms. The number of hydrogen-bond acceptors (Lipinski definition) is 1. The molecule has 0 spiro atoms. The fourth-order valence-electron chi connectivity index (χ4n) is 2.92. The van der Waals surface area contributed by atoms with Crippen molar-refractivity contribution in [3.8, 4) is 11.1 Å². The molecule has 0 amide bonds. The third-order valence-corrected chi connectivity index (χ3v) is 4.38. The molecule has 2 aromatic carbocycles. The van der Waals surface area contributed by atoms with Gasteiger partial charge in [-0.05, 0) is 45.7 Å². The Bertz CT molecular complexity index is 730. The molecule has 0 atom stereocenters. The highest BCUT2D eigenvalue weighted by atomic mass is 16.1. The van der Waals surface area contributed by atoms with E-state index in [0.29, 0.717) is 5.92 Å². The molecule has 3 rings (SSSR count). The lowest BCUT2D eigenvalue weighted by Gasteiger charge is -2.19. The van der Waals surface area contributed by atoms with Crippen LogP contribution in [-0.2, 0) is 5.41 Å². The van der Waals surface area contributed by atoms with Crippen LogP contribution in [-0.4, -0.2) is 5.78 Å². The molecule has 0 N–H and O–H groups in total. The monoisotopic (exact) mass is 278 g/mol. The molecule has 0 heterocycles. The Labute approximate surface area is 127 Å². The number of rotatable bonds is 1. The van der Waals surface area contributed by atoms with Crippen LogP contribution in [0.2, 0.25) is 0 Å². The standard InChI is InChI=1S/C20H22O/c1-12(2)13-6-8-15-16-9-7-14(20(3,4)5)11-18(16)19(21)17(15)10-13/h6-12H,1-5H3. The van der Waals surface area contributed by atoms with Crippen molar-refractivity contribution in [3.05, 3.63) is 58.7 Å². The molecule has 1 aliphatic rings. The number of fused-ring (bicyclic) bond motifs is 3. The summed E-state index contributed by atoms with van der Waals surface area (Å²) in [5.41, 5.74) is 6.39. The van der Waals surface area contributed by atoms with Gasteiger partial charge in [-0.1, -0.05) is 58.9 Å². The predicted octanol–water partition coefficient (Wildman–Crippen LogP) is 5.32. The molecule has 0 aromatic heterocycles. The second kappa shape index (κ2) is 4.56. The molecule has 0 saturated carbocycles. The number of hydrogen-bond donors (Lipinski definition) is 0. The Balaban J connectivity index is 2.16. The highest BCUT2D eigenvalue weighted by Crippen LogP contribution is 2.39. The van der Waals surface area contributed by atoms with Crippen LogP contribution in [0.5, 0.6) is 0 Å². The summed E-state index contributed by atoms with van der Waals surface area (Å²) in [6, 6.07) is 12.6. The normalized spacial score (nSPS) is 13.5. The number of carbonyl (C=O) groups is 1. The lowest BCUT2D eigenvalue weighted by atomic mass is 9.85. The van der Waals surface area contributed by atoms with Crippen molar-refractivity contribution < 1.29 is 4.79 Å². The molecule has 0 bridgehead atoms. The molecule has 1 heteroatoms. The molecule has 1 aliphatic carbocycles. The third-order valence-electron chi connectivity index (χ3n) is 4.38. The summed E-state index contributed by atoms with van der Waals surface area (Å²) in [6.07, 6.45) is 0. The second-order valence-electron chi connectivity index (χ2n) is 7.30. The van der Waals surface area contributed by atoms with Crippen LogP contribution in [0.1, 0.15) is 67.6 Å². The number of benzene rings is 2.